The van der Waals surface area contributed by atoms with Crippen LogP contribution in [-0.2, 0) is 13.0 Å². The first-order chi connectivity index (χ1) is 12.7. The molecule has 8 heteroatoms. The van der Waals surface area contributed by atoms with Crippen LogP contribution < -0.4 is 20.5 Å². The number of nitrogens with one attached hydrogen (secondary N) is 2. The summed E-state index contributed by atoms with van der Waals surface area (Å²) in [6.07, 6.45) is 0.737. The molecule has 0 saturated carbocycles. The number of methoxy groups -OCH3 is 2. The van der Waals surface area contributed by atoms with Crippen LogP contribution in [0.3, 0.4) is 0 Å². The van der Waals surface area contributed by atoms with E-state index >= 15 is 0 Å². The number of hydrogen-bond donors (Lipinski definition) is 3. The van der Waals surface area contributed by atoms with Gasteiger partial charge < -0.3 is 25.5 Å². The zero-order valence-corrected chi connectivity index (χ0v) is 17.7. The summed E-state index contributed by atoms with van der Waals surface area (Å²) in [4.78, 5) is 12.2. The normalized spacial score (nSPS) is 11.1. The minimum absolute atomic E-state index is 0. The van der Waals surface area contributed by atoms with E-state index in [1.807, 2.05) is 42.5 Å². The summed E-state index contributed by atoms with van der Waals surface area (Å²) in [5, 5.41) is 3.11. The minimum atomic E-state index is 0. The molecule has 7 nitrogen and oxygen atoms in total. The number of aliphatic imine (C=N–C) groups is 1. The van der Waals surface area contributed by atoms with Gasteiger partial charge in [-0.2, -0.15) is 0 Å². The summed E-state index contributed by atoms with van der Waals surface area (Å²) in [7, 11) is 3.22. The number of halogens is 1. The molecule has 0 radical (unpaired) electrons. The number of benzene rings is 2. The Morgan fingerprint density at radius 1 is 1.15 bits per heavy atom. The number of rotatable bonds is 7. The number of imidazole rings is 1. The van der Waals surface area contributed by atoms with Crippen molar-refractivity contribution in [1.82, 2.24) is 15.3 Å². The lowest BCUT2D eigenvalue weighted by atomic mass is 10.2. The van der Waals surface area contributed by atoms with Crippen LogP contribution in [0.4, 0.5) is 0 Å². The first kappa shape index (κ1) is 20.8. The number of hydrogen-bond acceptors (Lipinski definition) is 4. The zero-order chi connectivity index (χ0) is 18.4. The van der Waals surface area contributed by atoms with Gasteiger partial charge in [-0.05, 0) is 29.8 Å². The summed E-state index contributed by atoms with van der Waals surface area (Å²) in [6.45, 7) is 1.12. The number of nitrogens with two attached hydrogens (primary N) is 1. The van der Waals surface area contributed by atoms with Crippen LogP contribution in [0.25, 0.3) is 11.0 Å². The maximum Gasteiger partial charge on any atom is 0.188 e. The van der Waals surface area contributed by atoms with Gasteiger partial charge in [-0.15, -0.1) is 24.0 Å². The lowest BCUT2D eigenvalue weighted by Crippen LogP contribution is -2.33. The predicted molar refractivity (Wildman–Crippen MR) is 118 cm³/mol. The number of nitrogens with zero attached hydrogens (tertiary/aromatic N) is 2. The molecule has 0 bridgehead atoms. The molecule has 0 saturated heterocycles. The van der Waals surface area contributed by atoms with Gasteiger partial charge >= 0.3 is 0 Å². The highest BCUT2D eigenvalue weighted by molar-refractivity contribution is 14.0. The van der Waals surface area contributed by atoms with Gasteiger partial charge in [-0.3, -0.25) is 0 Å². The van der Waals surface area contributed by atoms with Gasteiger partial charge in [0.25, 0.3) is 0 Å². The fourth-order valence-electron chi connectivity index (χ4n) is 2.64. The van der Waals surface area contributed by atoms with E-state index in [0.717, 1.165) is 28.8 Å². The molecular formula is C19H24IN5O2. The third-order valence-corrected chi connectivity index (χ3v) is 3.99. The van der Waals surface area contributed by atoms with Gasteiger partial charge in [0.05, 0.1) is 31.8 Å². The molecule has 0 aliphatic rings. The summed E-state index contributed by atoms with van der Waals surface area (Å²) in [6, 6.07) is 13.6. The molecule has 1 aromatic heterocycles. The molecular weight excluding hydrogens is 457 g/mol. The average molecular weight is 481 g/mol. The number of H-pyrrole nitrogens is 1. The monoisotopic (exact) mass is 481 g/mol. The Balaban J connectivity index is 0.00000261. The highest BCUT2D eigenvalue weighted by Gasteiger charge is 2.05. The van der Waals surface area contributed by atoms with Gasteiger partial charge in [-0.1, -0.05) is 18.2 Å². The van der Waals surface area contributed by atoms with Crippen LogP contribution in [0.2, 0.25) is 0 Å². The highest BCUT2D eigenvalue weighted by Crippen LogP contribution is 2.27. The predicted octanol–water partition coefficient (Wildman–Crippen LogP) is 2.85. The maximum absolute atomic E-state index is 5.94. The molecule has 4 N–H and O–H groups in total. The molecule has 144 valence electrons. The fraction of sp³-hybridized carbons (Fsp3) is 0.263. The topological polar surface area (TPSA) is 97.5 Å². The van der Waals surface area contributed by atoms with Gasteiger partial charge in [0, 0.05) is 13.0 Å². The van der Waals surface area contributed by atoms with E-state index in [1.165, 1.54) is 0 Å². The largest absolute Gasteiger partial charge is 0.493 e. The van der Waals surface area contributed by atoms with Crippen LogP contribution in [0.15, 0.2) is 47.5 Å². The Morgan fingerprint density at radius 3 is 2.67 bits per heavy atom. The summed E-state index contributed by atoms with van der Waals surface area (Å²) < 4.78 is 10.5. The Morgan fingerprint density at radius 2 is 1.93 bits per heavy atom. The molecule has 0 aliphatic carbocycles. The number of aromatic nitrogens is 2. The summed E-state index contributed by atoms with van der Waals surface area (Å²) in [5.74, 6) is 2.69. The molecule has 0 atom stereocenters. The van der Waals surface area contributed by atoms with E-state index in [0.29, 0.717) is 30.5 Å². The lowest BCUT2D eigenvalue weighted by Gasteiger charge is -2.09. The van der Waals surface area contributed by atoms with Crippen LogP contribution in [0, 0.1) is 0 Å². The molecule has 27 heavy (non-hydrogen) atoms. The quantitative estimate of drug-likeness (QED) is 0.274. The second-order valence-electron chi connectivity index (χ2n) is 5.77. The Kier molecular flexibility index (Phi) is 7.71. The number of fused-ring (bicyclic) bond motifs is 1. The lowest BCUT2D eigenvalue weighted by molar-refractivity contribution is 0.354. The molecule has 3 aromatic rings. The van der Waals surface area contributed by atoms with Crippen LogP contribution in [0.1, 0.15) is 11.4 Å². The summed E-state index contributed by atoms with van der Waals surface area (Å²) in [5.41, 5.74) is 8.94. The van der Waals surface area contributed by atoms with Crippen LogP contribution >= 0.6 is 24.0 Å². The Hall–Kier alpha value is -2.49. The van der Waals surface area contributed by atoms with Crippen molar-refractivity contribution in [1.29, 1.82) is 0 Å². The molecule has 1 heterocycles. The van der Waals surface area contributed by atoms with E-state index in [4.69, 9.17) is 15.2 Å². The maximum atomic E-state index is 5.94. The van der Waals surface area contributed by atoms with E-state index in [-0.39, 0.29) is 24.0 Å². The SMILES string of the molecule is COc1ccc(CN=C(N)NCCc2nc3ccccc3[nH]2)cc1OC.I. The van der Waals surface area contributed by atoms with Gasteiger partial charge in [0.2, 0.25) is 0 Å². The zero-order valence-electron chi connectivity index (χ0n) is 15.4. The number of para-hydroxylation sites is 2. The number of aromatic amines is 1. The second-order valence-corrected chi connectivity index (χ2v) is 5.77. The highest BCUT2D eigenvalue weighted by atomic mass is 127. The standard InChI is InChI=1S/C19H23N5O2.HI/c1-25-16-8-7-13(11-17(16)26-2)12-22-19(20)21-10-9-18-23-14-5-3-4-6-15(14)24-18;/h3-8,11H,9-10,12H2,1-2H3,(H,23,24)(H3,20,21,22);1H. The van der Waals surface area contributed by atoms with Gasteiger partial charge in [0.1, 0.15) is 5.82 Å². The van der Waals surface area contributed by atoms with Gasteiger partial charge in [-0.25, -0.2) is 9.98 Å². The van der Waals surface area contributed by atoms with Crippen LogP contribution in [0.5, 0.6) is 11.5 Å². The van der Waals surface area contributed by atoms with Crippen molar-refractivity contribution in [2.24, 2.45) is 10.7 Å². The first-order valence-corrected chi connectivity index (χ1v) is 8.38. The van der Waals surface area contributed by atoms with E-state index in [1.54, 1.807) is 14.2 Å². The molecule has 0 unspecified atom stereocenters. The smallest absolute Gasteiger partial charge is 0.188 e. The Labute approximate surface area is 175 Å². The minimum Gasteiger partial charge on any atom is -0.493 e. The summed E-state index contributed by atoms with van der Waals surface area (Å²) >= 11 is 0. The Bertz CT molecular complexity index is 877. The van der Waals surface area contributed by atoms with Crippen molar-refractivity contribution >= 4 is 41.0 Å². The van der Waals surface area contributed by atoms with E-state index in [9.17, 15) is 0 Å². The molecule has 0 spiro atoms. The molecule has 0 amide bonds. The second kappa shape index (κ2) is 10.0. The van der Waals surface area contributed by atoms with E-state index in [2.05, 4.69) is 20.3 Å². The molecule has 0 fully saturated rings. The number of guanidine groups is 1. The number of ether oxygens (including phenoxy) is 2. The average Bonchev–Trinajstić information content (AvgIpc) is 3.08. The van der Waals surface area contributed by atoms with E-state index < -0.39 is 0 Å². The first-order valence-electron chi connectivity index (χ1n) is 8.38. The molecule has 3 rings (SSSR count). The third kappa shape index (κ3) is 5.49. The van der Waals surface area contributed by atoms with Crippen molar-refractivity contribution in [2.45, 2.75) is 13.0 Å². The van der Waals surface area contributed by atoms with Gasteiger partial charge in [0.15, 0.2) is 17.5 Å². The molecule has 0 aliphatic heterocycles. The van der Waals surface area contributed by atoms with Crippen LogP contribution in [-0.4, -0.2) is 36.7 Å². The fourth-order valence-corrected chi connectivity index (χ4v) is 2.64. The van der Waals surface area contributed by atoms with Crippen molar-refractivity contribution in [2.75, 3.05) is 20.8 Å². The molecule has 2 aromatic carbocycles. The van der Waals surface area contributed by atoms with Crippen molar-refractivity contribution in [3.8, 4) is 11.5 Å². The van der Waals surface area contributed by atoms with Crippen molar-refractivity contribution in [3.63, 3.8) is 0 Å². The van der Waals surface area contributed by atoms with Crippen molar-refractivity contribution in [3.05, 3.63) is 53.9 Å². The third-order valence-electron chi connectivity index (χ3n) is 3.99. The van der Waals surface area contributed by atoms with Crippen molar-refractivity contribution < 1.29 is 9.47 Å².